The number of aromatic nitrogens is 5. The minimum absolute atomic E-state index is 0.0488. The normalized spacial score (nSPS) is 17.3. The topological polar surface area (TPSA) is 97.1 Å². The highest BCUT2D eigenvalue weighted by atomic mass is 16.2. The number of rotatable bonds is 6. The quantitative estimate of drug-likeness (QED) is 0.320. The summed E-state index contributed by atoms with van der Waals surface area (Å²) in [4.78, 5) is 49.4. The zero-order valence-electron chi connectivity index (χ0n) is 24.0. The summed E-state index contributed by atoms with van der Waals surface area (Å²) in [6.45, 7) is 13.4. The molecular formula is C32H35N7O2. The van der Waals surface area contributed by atoms with Gasteiger partial charge in [0.25, 0.3) is 0 Å². The Morgan fingerprint density at radius 3 is 2.61 bits per heavy atom. The van der Waals surface area contributed by atoms with Crippen molar-refractivity contribution in [3.05, 3.63) is 82.8 Å². The number of anilines is 1. The van der Waals surface area contributed by atoms with Crippen molar-refractivity contribution in [3.63, 3.8) is 0 Å². The smallest absolute Gasteiger partial charge is 0.350 e. The van der Waals surface area contributed by atoms with E-state index in [0.717, 1.165) is 52.0 Å². The van der Waals surface area contributed by atoms with Crippen molar-refractivity contribution in [3.8, 4) is 16.9 Å². The lowest BCUT2D eigenvalue weighted by Gasteiger charge is -2.40. The average molecular weight is 550 g/mol. The van der Waals surface area contributed by atoms with Gasteiger partial charge < -0.3 is 9.80 Å². The number of carbonyl (C=O) groups excluding carboxylic acids is 1. The van der Waals surface area contributed by atoms with Gasteiger partial charge in [0.2, 0.25) is 5.91 Å². The van der Waals surface area contributed by atoms with E-state index in [1.54, 1.807) is 21.9 Å². The third kappa shape index (κ3) is 4.79. The van der Waals surface area contributed by atoms with Crippen LogP contribution in [0.25, 0.3) is 28.0 Å². The van der Waals surface area contributed by atoms with E-state index in [9.17, 15) is 9.59 Å². The SMILES string of the molecule is C=CC(=O)N1CCN(c2nc(=O)n(-c3c(C)ccnc3C(C)C)c3nc(-c4cccnc4)c(C4CC4)cc23)C(C)C1. The molecule has 1 atom stereocenters. The van der Waals surface area contributed by atoms with E-state index in [4.69, 9.17) is 9.97 Å². The Bertz CT molecular complexity index is 1710. The van der Waals surface area contributed by atoms with Crippen LogP contribution in [0.15, 0.2) is 60.3 Å². The Balaban J connectivity index is 1.64. The molecule has 1 amide bonds. The van der Waals surface area contributed by atoms with Crippen LogP contribution in [0.3, 0.4) is 0 Å². The Hall–Kier alpha value is -4.40. The van der Waals surface area contributed by atoms with Gasteiger partial charge in [0.1, 0.15) is 5.82 Å². The van der Waals surface area contributed by atoms with Gasteiger partial charge in [-0.3, -0.25) is 14.8 Å². The average Bonchev–Trinajstić information content (AvgIpc) is 3.82. The molecule has 0 bridgehead atoms. The lowest BCUT2D eigenvalue weighted by atomic mass is 10.0. The summed E-state index contributed by atoms with van der Waals surface area (Å²) >= 11 is 0. The van der Waals surface area contributed by atoms with Crippen molar-refractivity contribution >= 4 is 22.8 Å². The number of aryl methyl sites for hydroxylation is 1. The zero-order chi connectivity index (χ0) is 28.8. The lowest BCUT2D eigenvalue weighted by molar-refractivity contribution is -0.126. The highest BCUT2D eigenvalue weighted by Crippen LogP contribution is 2.45. The van der Waals surface area contributed by atoms with Gasteiger partial charge in [-0.15, -0.1) is 0 Å². The van der Waals surface area contributed by atoms with E-state index in [1.165, 1.54) is 6.08 Å². The van der Waals surface area contributed by atoms with Crippen LogP contribution in [-0.2, 0) is 4.79 Å². The van der Waals surface area contributed by atoms with Crippen LogP contribution in [0.5, 0.6) is 0 Å². The molecule has 41 heavy (non-hydrogen) atoms. The number of piperazine rings is 1. The summed E-state index contributed by atoms with van der Waals surface area (Å²) in [6.07, 6.45) is 8.92. The second-order valence-electron chi connectivity index (χ2n) is 11.4. The second-order valence-corrected chi connectivity index (χ2v) is 11.4. The fourth-order valence-electron chi connectivity index (χ4n) is 5.89. The van der Waals surface area contributed by atoms with E-state index in [0.29, 0.717) is 37.0 Å². The van der Waals surface area contributed by atoms with Crippen molar-refractivity contribution in [2.45, 2.75) is 58.4 Å². The third-order valence-electron chi connectivity index (χ3n) is 8.14. The zero-order valence-corrected chi connectivity index (χ0v) is 24.0. The van der Waals surface area contributed by atoms with Gasteiger partial charge in [0.05, 0.1) is 22.5 Å². The number of amides is 1. The van der Waals surface area contributed by atoms with Crippen molar-refractivity contribution in [1.29, 1.82) is 0 Å². The molecule has 9 nitrogen and oxygen atoms in total. The van der Waals surface area contributed by atoms with Crippen molar-refractivity contribution < 1.29 is 4.79 Å². The molecular weight excluding hydrogens is 514 g/mol. The molecule has 9 heteroatoms. The first-order chi connectivity index (χ1) is 19.8. The maximum atomic E-state index is 14.1. The molecule has 1 saturated heterocycles. The molecule has 6 rings (SSSR count). The minimum Gasteiger partial charge on any atom is -0.350 e. The highest BCUT2D eigenvalue weighted by Gasteiger charge is 2.33. The lowest BCUT2D eigenvalue weighted by Crippen LogP contribution is -2.54. The Morgan fingerprint density at radius 1 is 1.15 bits per heavy atom. The van der Waals surface area contributed by atoms with Crippen LogP contribution < -0.4 is 10.6 Å². The van der Waals surface area contributed by atoms with Gasteiger partial charge >= 0.3 is 5.69 Å². The van der Waals surface area contributed by atoms with Crippen LogP contribution in [0.1, 0.15) is 62.3 Å². The molecule has 1 aliphatic heterocycles. The van der Waals surface area contributed by atoms with E-state index in [2.05, 4.69) is 48.3 Å². The first-order valence-electron chi connectivity index (χ1n) is 14.3. The van der Waals surface area contributed by atoms with Crippen molar-refractivity contribution in [2.75, 3.05) is 24.5 Å². The second kappa shape index (κ2) is 10.5. The fraction of sp³-hybridized carbons (Fsp3) is 0.375. The van der Waals surface area contributed by atoms with Gasteiger partial charge in [-0.05, 0) is 80.0 Å². The number of fused-ring (bicyclic) bond motifs is 1. The number of nitrogens with zero attached hydrogens (tertiary/aromatic N) is 7. The van der Waals surface area contributed by atoms with E-state index in [-0.39, 0.29) is 17.9 Å². The summed E-state index contributed by atoms with van der Waals surface area (Å²) in [6, 6.07) is 8.00. The van der Waals surface area contributed by atoms with Gasteiger partial charge in [0, 0.05) is 49.8 Å². The molecule has 0 radical (unpaired) electrons. The summed E-state index contributed by atoms with van der Waals surface area (Å²) in [5, 5.41) is 0.826. The maximum Gasteiger partial charge on any atom is 0.355 e. The summed E-state index contributed by atoms with van der Waals surface area (Å²) in [5.41, 5.74) is 5.57. The largest absolute Gasteiger partial charge is 0.355 e. The highest BCUT2D eigenvalue weighted by molar-refractivity contribution is 5.92. The standard InChI is InChI=1S/C32H35N7O2/c1-6-26(40)37-14-15-38(21(5)18-37)30-25-16-24(22-9-10-22)28(23-8-7-12-33-17-23)35-31(25)39(32(41)36-30)29-20(4)11-13-34-27(29)19(2)3/h6-8,11-13,16-17,19,21-22H,1,9-10,14-15,18H2,2-5H3. The van der Waals surface area contributed by atoms with Crippen LogP contribution in [0.2, 0.25) is 0 Å². The van der Waals surface area contributed by atoms with Gasteiger partial charge in [-0.25, -0.2) is 14.3 Å². The van der Waals surface area contributed by atoms with E-state index in [1.807, 2.05) is 31.3 Å². The molecule has 1 saturated carbocycles. The molecule has 5 heterocycles. The van der Waals surface area contributed by atoms with E-state index < -0.39 is 5.69 Å². The number of pyridine rings is 3. The van der Waals surface area contributed by atoms with Gasteiger partial charge in [-0.2, -0.15) is 4.98 Å². The monoisotopic (exact) mass is 549 g/mol. The summed E-state index contributed by atoms with van der Waals surface area (Å²) < 4.78 is 1.65. The van der Waals surface area contributed by atoms with E-state index >= 15 is 0 Å². The molecule has 1 unspecified atom stereocenters. The molecule has 0 aromatic carbocycles. The third-order valence-corrected chi connectivity index (χ3v) is 8.14. The van der Waals surface area contributed by atoms with Crippen LogP contribution in [-0.4, -0.2) is 61.0 Å². The predicted molar refractivity (Wildman–Crippen MR) is 161 cm³/mol. The summed E-state index contributed by atoms with van der Waals surface area (Å²) in [7, 11) is 0. The summed E-state index contributed by atoms with van der Waals surface area (Å²) in [5.74, 6) is 1.02. The maximum absolute atomic E-state index is 14.1. The fourth-order valence-corrected chi connectivity index (χ4v) is 5.89. The molecule has 2 aliphatic rings. The molecule has 1 aliphatic carbocycles. The van der Waals surface area contributed by atoms with Crippen LogP contribution in [0, 0.1) is 6.92 Å². The molecule has 2 fully saturated rings. The minimum atomic E-state index is -0.397. The number of hydrogen-bond acceptors (Lipinski definition) is 7. The van der Waals surface area contributed by atoms with Crippen molar-refractivity contribution in [1.82, 2.24) is 29.4 Å². The molecule has 4 aromatic rings. The Kier molecular flexibility index (Phi) is 6.89. The Morgan fingerprint density at radius 2 is 1.95 bits per heavy atom. The number of hydrogen-bond donors (Lipinski definition) is 0. The predicted octanol–water partition coefficient (Wildman–Crippen LogP) is 4.77. The molecule has 4 aromatic heterocycles. The molecule has 0 N–H and O–H groups in total. The molecule has 210 valence electrons. The first-order valence-corrected chi connectivity index (χ1v) is 14.3. The first kappa shape index (κ1) is 26.8. The van der Waals surface area contributed by atoms with Crippen molar-refractivity contribution in [2.24, 2.45) is 0 Å². The Labute approximate surface area is 239 Å². The van der Waals surface area contributed by atoms with Crippen LogP contribution >= 0.6 is 0 Å². The van der Waals surface area contributed by atoms with Gasteiger partial charge in [0.15, 0.2) is 5.65 Å². The number of carbonyl (C=O) groups is 1. The van der Waals surface area contributed by atoms with Gasteiger partial charge in [-0.1, -0.05) is 20.4 Å². The van der Waals surface area contributed by atoms with Crippen LogP contribution in [0.4, 0.5) is 5.82 Å². The molecule has 0 spiro atoms.